The van der Waals surface area contributed by atoms with Crippen LogP contribution in [0.3, 0.4) is 0 Å². The summed E-state index contributed by atoms with van der Waals surface area (Å²) in [7, 11) is 0. The van der Waals surface area contributed by atoms with Crippen molar-refractivity contribution in [3.05, 3.63) is 60.2 Å². The first-order valence-electron chi connectivity index (χ1n) is 12.1. The summed E-state index contributed by atoms with van der Waals surface area (Å²) < 4.78 is 0. The van der Waals surface area contributed by atoms with Crippen molar-refractivity contribution >= 4 is 28.9 Å². The Hall–Kier alpha value is -2.20. The molecule has 2 aromatic rings. The molecule has 0 aromatic heterocycles. The molecule has 0 aliphatic rings. The van der Waals surface area contributed by atoms with Crippen LogP contribution in [0.2, 0.25) is 0 Å². The van der Waals surface area contributed by atoms with Gasteiger partial charge in [0.25, 0.3) is 0 Å². The Morgan fingerprint density at radius 1 is 0.844 bits per heavy atom. The monoisotopic (exact) mass is 453 g/mol. The highest BCUT2D eigenvalue weighted by molar-refractivity contribution is 7.99. The Kier molecular flexibility index (Phi) is 12.7. The Morgan fingerprint density at radius 3 is 2.00 bits per heavy atom. The lowest BCUT2D eigenvalue weighted by molar-refractivity contribution is -0.111. The van der Waals surface area contributed by atoms with Crippen LogP contribution >= 0.6 is 11.8 Å². The lowest BCUT2D eigenvalue weighted by Crippen LogP contribution is -2.08. The molecule has 0 saturated carbocycles. The van der Waals surface area contributed by atoms with E-state index in [4.69, 9.17) is 0 Å². The van der Waals surface area contributed by atoms with E-state index in [1.807, 2.05) is 30.8 Å². The predicted octanol–water partition coefficient (Wildman–Crippen LogP) is 8.45. The van der Waals surface area contributed by atoms with Gasteiger partial charge in [0, 0.05) is 16.7 Å². The van der Waals surface area contributed by atoms with E-state index in [9.17, 15) is 9.90 Å². The summed E-state index contributed by atoms with van der Waals surface area (Å²) in [6.45, 7) is 4.16. The van der Waals surface area contributed by atoms with Crippen LogP contribution in [0.5, 0.6) is 5.75 Å². The van der Waals surface area contributed by atoms with Gasteiger partial charge in [0.2, 0.25) is 5.91 Å². The standard InChI is InChI=1S/C28H39NO2S/c1-3-4-5-6-7-8-9-10-11-12-21-32-27-19-15-25(16-20-27)29-28(31)22-23(2)24-13-17-26(30)18-14-24/h13-20,22,30H,3-12,21H2,1-2H3,(H,29,31)/b23-22+. The van der Waals surface area contributed by atoms with Gasteiger partial charge in [-0.05, 0) is 66.6 Å². The second-order valence-electron chi connectivity index (χ2n) is 8.42. The second kappa shape index (κ2) is 15.6. The molecule has 0 spiro atoms. The predicted molar refractivity (Wildman–Crippen MR) is 139 cm³/mol. The van der Waals surface area contributed by atoms with Crippen LogP contribution in [0.4, 0.5) is 5.69 Å². The molecule has 0 saturated heterocycles. The summed E-state index contributed by atoms with van der Waals surface area (Å²) in [6.07, 6.45) is 15.2. The van der Waals surface area contributed by atoms with Crippen molar-refractivity contribution < 1.29 is 9.90 Å². The third-order valence-corrected chi connectivity index (χ3v) is 6.66. The van der Waals surface area contributed by atoms with E-state index in [1.165, 1.54) is 69.1 Å². The number of phenols is 1. The normalized spacial score (nSPS) is 11.5. The van der Waals surface area contributed by atoms with E-state index in [0.29, 0.717) is 0 Å². The van der Waals surface area contributed by atoms with Crippen molar-refractivity contribution in [2.45, 2.75) is 83.0 Å². The molecule has 0 bridgehead atoms. The number of thioether (sulfide) groups is 1. The van der Waals surface area contributed by atoms with Gasteiger partial charge in [-0.3, -0.25) is 4.79 Å². The second-order valence-corrected chi connectivity index (χ2v) is 9.59. The first-order chi connectivity index (χ1) is 15.6. The van der Waals surface area contributed by atoms with Gasteiger partial charge in [-0.2, -0.15) is 0 Å². The number of carbonyl (C=O) groups is 1. The number of carbonyl (C=O) groups excluding carboxylic acids is 1. The van der Waals surface area contributed by atoms with Crippen molar-refractivity contribution in [1.29, 1.82) is 0 Å². The molecule has 0 fully saturated rings. The summed E-state index contributed by atoms with van der Waals surface area (Å²) in [6, 6.07) is 14.9. The minimum atomic E-state index is -0.152. The molecule has 0 heterocycles. The first kappa shape index (κ1) is 26.1. The van der Waals surface area contributed by atoms with Crippen molar-refractivity contribution in [3.63, 3.8) is 0 Å². The average Bonchev–Trinajstić information content (AvgIpc) is 2.79. The largest absolute Gasteiger partial charge is 0.508 e. The Labute approximate surface area is 198 Å². The molecular formula is C28H39NO2S. The van der Waals surface area contributed by atoms with E-state index >= 15 is 0 Å². The van der Waals surface area contributed by atoms with Crippen LogP contribution in [0.1, 0.15) is 83.6 Å². The molecule has 0 unspecified atom stereocenters. The molecule has 1 amide bonds. The van der Waals surface area contributed by atoms with Gasteiger partial charge in [0.1, 0.15) is 5.75 Å². The lowest BCUT2D eigenvalue weighted by atomic mass is 10.1. The number of unbranched alkanes of at least 4 members (excludes halogenated alkanes) is 9. The fourth-order valence-corrected chi connectivity index (χ4v) is 4.51. The highest BCUT2D eigenvalue weighted by atomic mass is 32.2. The number of nitrogens with one attached hydrogen (secondary N) is 1. The van der Waals surface area contributed by atoms with E-state index in [2.05, 4.69) is 24.4 Å². The van der Waals surface area contributed by atoms with Gasteiger partial charge < -0.3 is 10.4 Å². The highest BCUT2D eigenvalue weighted by Gasteiger charge is 2.03. The zero-order valence-corrected chi connectivity index (χ0v) is 20.6. The quantitative estimate of drug-likeness (QED) is 0.161. The van der Waals surface area contributed by atoms with Crippen LogP contribution in [0, 0.1) is 0 Å². The van der Waals surface area contributed by atoms with Crippen LogP contribution < -0.4 is 5.32 Å². The van der Waals surface area contributed by atoms with Crippen molar-refractivity contribution in [2.24, 2.45) is 0 Å². The molecular weight excluding hydrogens is 414 g/mol. The molecule has 2 rings (SSSR count). The van der Waals surface area contributed by atoms with Crippen LogP contribution in [-0.2, 0) is 4.79 Å². The Bertz CT molecular complexity index is 812. The highest BCUT2D eigenvalue weighted by Crippen LogP contribution is 2.23. The molecule has 174 valence electrons. The molecule has 2 N–H and O–H groups in total. The molecule has 32 heavy (non-hydrogen) atoms. The van der Waals surface area contributed by atoms with Gasteiger partial charge in [-0.25, -0.2) is 0 Å². The van der Waals surface area contributed by atoms with Crippen LogP contribution in [0.25, 0.3) is 5.57 Å². The first-order valence-corrected chi connectivity index (χ1v) is 13.1. The molecule has 0 aliphatic heterocycles. The lowest BCUT2D eigenvalue weighted by Gasteiger charge is -2.06. The van der Waals surface area contributed by atoms with Gasteiger partial charge in [0.05, 0.1) is 0 Å². The van der Waals surface area contributed by atoms with E-state index < -0.39 is 0 Å². The minimum Gasteiger partial charge on any atom is -0.508 e. The summed E-state index contributed by atoms with van der Waals surface area (Å²) in [4.78, 5) is 13.5. The molecule has 4 heteroatoms. The Balaban J connectivity index is 1.61. The Morgan fingerprint density at radius 2 is 1.41 bits per heavy atom. The molecule has 2 aromatic carbocycles. The minimum absolute atomic E-state index is 0.152. The van der Waals surface area contributed by atoms with E-state index in [0.717, 1.165) is 22.6 Å². The third kappa shape index (κ3) is 10.9. The fraction of sp³-hybridized carbons (Fsp3) is 0.464. The number of rotatable bonds is 15. The smallest absolute Gasteiger partial charge is 0.248 e. The number of amides is 1. The van der Waals surface area contributed by atoms with Gasteiger partial charge in [0.15, 0.2) is 0 Å². The summed E-state index contributed by atoms with van der Waals surface area (Å²) in [5.41, 5.74) is 2.57. The zero-order chi connectivity index (χ0) is 23.0. The van der Waals surface area contributed by atoms with Crippen molar-refractivity contribution in [2.75, 3.05) is 11.1 Å². The van der Waals surface area contributed by atoms with Crippen molar-refractivity contribution in [1.82, 2.24) is 0 Å². The zero-order valence-electron chi connectivity index (χ0n) is 19.7. The maximum atomic E-state index is 12.3. The van der Waals surface area contributed by atoms with Gasteiger partial charge in [-0.1, -0.05) is 76.8 Å². The summed E-state index contributed by atoms with van der Waals surface area (Å²) in [5, 5.41) is 12.3. The number of anilines is 1. The maximum absolute atomic E-state index is 12.3. The van der Waals surface area contributed by atoms with Gasteiger partial charge >= 0.3 is 0 Å². The number of phenolic OH excluding ortho intramolecular Hbond substituents is 1. The topological polar surface area (TPSA) is 49.3 Å². The van der Waals surface area contributed by atoms with E-state index in [1.54, 1.807) is 30.3 Å². The number of aromatic hydroxyl groups is 1. The number of hydrogen-bond donors (Lipinski definition) is 2. The number of benzene rings is 2. The van der Waals surface area contributed by atoms with Gasteiger partial charge in [-0.15, -0.1) is 11.8 Å². The molecule has 0 radical (unpaired) electrons. The maximum Gasteiger partial charge on any atom is 0.248 e. The SMILES string of the molecule is CCCCCCCCCCCCSc1ccc(NC(=O)/C=C(\C)c2ccc(O)cc2)cc1. The molecule has 0 atom stereocenters. The molecule has 0 aliphatic carbocycles. The average molecular weight is 454 g/mol. The van der Waals surface area contributed by atoms with Crippen LogP contribution in [-0.4, -0.2) is 16.8 Å². The summed E-state index contributed by atoms with van der Waals surface area (Å²) >= 11 is 1.89. The van der Waals surface area contributed by atoms with E-state index in [-0.39, 0.29) is 11.7 Å². The number of hydrogen-bond acceptors (Lipinski definition) is 3. The third-order valence-electron chi connectivity index (χ3n) is 5.56. The molecule has 3 nitrogen and oxygen atoms in total. The fourth-order valence-electron chi connectivity index (χ4n) is 3.60. The number of allylic oxidation sites excluding steroid dienone is 1. The van der Waals surface area contributed by atoms with Crippen LogP contribution in [0.15, 0.2) is 59.5 Å². The summed E-state index contributed by atoms with van der Waals surface area (Å²) in [5.74, 6) is 1.22. The van der Waals surface area contributed by atoms with Crippen molar-refractivity contribution in [3.8, 4) is 5.75 Å².